The molecule has 1 saturated heterocycles. The van der Waals surface area contributed by atoms with Crippen LogP contribution in [0.2, 0.25) is 0 Å². The smallest absolute Gasteiger partial charge is 0.264 e. The highest BCUT2D eigenvalue weighted by molar-refractivity contribution is 7.12. The molecule has 0 aromatic carbocycles. The number of furan rings is 1. The molecule has 2 amide bonds. The summed E-state index contributed by atoms with van der Waals surface area (Å²) in [6.45, 7) is 5.87. The predicted octanol–water partition coefficient (Wildman–Crippen LogP) is 3.91. The van der Waals surface area contributed by atoms with Crippen molar-refractivity contribution in [2.75, 3.05) is 13.1 Å². The van der Waals surface area contributed by atoms with E-state index in [9.17, 15) is 9.59 Å². The van der Waals surface area contributed by atoms with Crippen molar-refractivity contribution in [2.24, 2.45) is 5.92 Å². The van der Waals surface area contributed by atoms with Gasteiger partial charge in [0.05, 0.1) is 11.4 Å². The highest BCUT2D eigenvalue weighted by Crippen LogP contribution is 2.25. The van der Waals surface area contributed by atoms with E-state index in [4.69, 9.17) is 4.42 Å². The number of nitrogens with zero attached hydrogens (tertiary/aromatic N) is 1. The van der Waals surface area contributed by atoms with Gasteiger partial charge in [0.1, 0.15) is 11.5 Å². The topological polar surface area (TPSA) is 62.6 Å². The summed E-state index contributed by atoms with van der Waals surface area (Å²) in [5.41, 5.74) is 1.05. The Labute approximate surface area is 158 Å². The molecular formula is C20H26N2O3S. The van der Waals surface area contributed by atoms with Gasteiger partial charge in [-0.3, -0.25) is 9.59 Å². The van der Waals surface area contributed by atoms with Gasteiger partial charge in [-0.1, -0.05) is 0 Å². The summed E-state index contributed by atoms with van der Waals surface area (Å²) in [6, 6.07) is 5.77. The maximum atomic E-state index is 12.7. The summed E-state index contributed by atoms with van der Waals surface area (Å²) < 4.78 is 5.46. The van der Waals surface area contributed by atoms with Gasteiger partial charge < -0.3 is 14.6 Å². The van der Waals surface area contributed by atoms with Crippen LogP contribution in [0.15, 0.2) is 28.0 Å². The molecule has 1 aliphatic rings. The SMILES string of the molecule is Cc1ccc(CNC(=O)CCC2CCCN(C(=O)c3sccc3C)C2)o1. The Morgan fingerprint density at radius 2 is 2.15 bits per heavy atom. The Kier molecular flexibility index (Phi) is 6.14. The number of likely N-dealkylation sites (tertiary alicyclic amines) is 1. The first kappa shape index (κ1) is 18.7. The minimum atomic E-state index is 0.0385. The molecular weight excluding hydrogens is 348 g/mol. The van der Waals surface area contributed by atoms with E-state index < -0.39 is 0 Å². The Bertz CT molecular complexity index is 765. The number of amides is 2. The van der Waals surface area contributed by atoms with Crippen LogP contribution in [0.5, 0.6) is 0 Å². The first-order valence-corrected chi connectivity index (χ1v) is 10.1. The number of hydrogen-bond acceptors (Lipinski definition) is 4. The van der Waals surface area contributed by atoms with Crippen molar-refractivity contribution in [3.8, 4) is 0 Å². The number of thiophene rings is 1. The first-order valence-electron chi connectivity index (χ1n) is 9.18. The summed E-state index contributed by atoms with van der Waals surface area (Å²) in [6.07, 6.45) is 3.40. The third kappa shape index (κ3) is 4.75. The number of rotatable bonds is 6. The van der Waals surface area contributed by atoms with Crippen molar-refractivity contribution >= 4 is 23.2 Å². The fourth-order valence-electron chi connectivity index (χ4n) is 3.41. The number of carbonyl (C=O) groups is 2. The van der Waals surface area contributed by atoms with E-state index in [-0.39, 0.29) is 11.8 Å². The fourth-order valence-corrected chi connectivity index (χ4v) is 4.30. The molecule has 1 N–H and O–H groups in total. The van der Waals surface area contributed by atoms with Crippen molar-refractivity contribution in [3.05, 3.63) is 45.5 Å². The molecule has 1 aliphatic heterocycles. The van der Waals surface area contributed by atoms with Crippen molar-refractivity contribution in [2.45, 2.75) is 46.1 Å². The highest BCUT2D eigenvalue weighted by atomic mass is 32.1. The van der Waals surface area contributed by atoms with Crippen LogP contribution < -0.4 is 5.32 Å². The zero-order valence-electron chi connectivity index (χ0n) is 15.4. The van der Waals surface area contributed by atoms with Crippen LogP contribution in [0.1, 0.15) is 52.4 Å². The monoisotopic (exact) mass is 374 g/mol. The lowest BCUT2D eigenvalue weighted by Crippen LogP contribution is -2.40. The molecule has 0 aliphatic carbocycles. The van der Waals surface area contributed by atoms with Crippen LogP contribution in [0.25, 0.3) is 0 Å². The average Bonchev–Trinajstić information content (AvgIpc) is 3.26. The van der Waals surface area contributed by atoms with Crippen LogP contribution in [-0.2, 0) is 11.3 Å². The molecule has 3 rings (SSSR count). The van der Waals surface area contributed by atoms with Crippen LogP contribution in [0, 0.1) is 19.8 Å². The summed E-state index contributed by atoms with van der Waals surface area (Å²) in [4.78, 5) is 27.6. The highest BCUT2D eigenvalue weighted by Gasteiger charge is 2.26. The fraction of sp³-hybridized carbons (Fsp3) is 0.500. The molecule has 0 spiro atoms. The molecule has 140 valence electrons. The van der Waals surface area contributed by atoms with E-state index in [2.05, 4.69) is 5.32 Å². The quantitative estimate of drug-likeness (QED) is 0.834. The number of nitrogens with one attached hydrogen (secondary N) is 1. The standard InChI is InChI=1S/C20H26N2O3S/c1-14-9-11-26-19(14)20(24)22-10-3-4-16(13-22)6-8-18(23)21-12-17-7-5-15(2)25-17/h5,7,9,11,16H,3-4,6,8,10,12-13H2,1-2H3,(H,21,23). The third-order valence-electron chi connectivity index (χ3n) is 4.90. The predicted molar refractivity (Wildman–Crippen MR) is 102 cm³/mol. The zero-order valence-corrected chi connectivity index (χ0v) is 16.2. The maximum absolute atomic E-state index is 12.7. The van der Waals surface area contributed by atoms with E-state index >= 15 is 0 Å². The van der Waals surface area contributed by atoms with Crippen LogP contribution >= 0.6 is 11.3 Å². The largest absolute Gasteiger partial charge is 0.465 e. The molecule has 1 atom stereocenters. The second-order valence-electron chi connectivity index (χ2n) is 7.02. The van der Waals surface area contributed by atoms with Gasteiger partial charge in [0, 0.05) is 19.5 Å². The van der Waals surface area contributed by atoms with Gasteiger partial charge in [-0.15, -0.1) is 11.3 Å². The van der Waals surface area contributed by atoms with Gasteiger partial charge >= 0.3 is 0 Å². The lowest BCUT2D eigenvalue weighted by atomic mass is 9.93. The summed E-state index contributed by atoms with van der Waals surface area (Å²) in [5.74, 6) is 2.19. The van der Waals surface area contributed by atoms with Crippen LogP contribution in [-0.4, -0.2) is 29.8 Å². The second-order valence-corrected chi connectivity index (χ2v) is 7.94. The van der Waals surface area contributed by atoms with E-state index in [0.29, 0.717) is 18.9 Å². The van der Waals surface area contributed by atoms with E-state index in [1.807, 2.05) is 42.3 Å². The molecule has 1 fully saturated rings. The molecule has 0 bridgehead atoms. The molecule has 26 heavy (non-hydrogen) atoms. The molecule has 0 saturated carbocycles. The number of aryl methyl sites for hydroxylation is 2. The normalized spacial score (nSPS) is 17.3. The molecule has 0 radical (unpaired) electrons. The van der Waals surface area contributed by atoms with Gasteiger partial charge in [-0.2, -0.15) is 0 Å². The van der Waals surface area contributed by atoms with E-state index in [1.165, 1.54) is 11.3 Å². The van der Waals surface area contributed by atoms with E-state index in [1.54, 1.807) is 0 Å². The van der Waals surface area contributed by atoms with Crippen molar-refractivity contribution in [1.29, 1.82) is 0 Å². The van der Waals surface area contributed by atoms with Gasteiger partial charge in [0.25, 0.3) is 5.91 Å². The molecule has 1 unspecified atom stereocenters. The first-order chi connectivity index (χ1) is 12.5. The molecule has 3 heterocycles. The Morgan fingerprint density at radius 1 is 1.31 bits per heavy atom. The minimum absolute atomic E-state index is 0.0385. The van der Waals surface area contributed by atoms with Crippen molar-refractivity contribution in [3.63, 3.8) is 0 Å². The molecule has 2 aromatic rings. The third-order valence-corrected chi connectivity index (χ3v) is 5.90. The van der Waals surface area contributed by atoms with Crippen molar-refractivity contribution in [1.82, 2.24) is 10.2 Å². The average molecular weight is 375 g/mol. The lowest BCUT2D eigenvalue weighted by molar-refractivity contribution is -0.121. The number of carbonyl (C=O) groups excluding carboxylic acids is 2. The van der Waals surface area contributed by atoms with Gasteiger partial charge in [0.15, 0.2) is 0 Å². The van der Waals surface area contributed by atoms with Crippen LogP contribution in [0.3, 0.4) is 0 Å². The van der Waals surface area contributed by atoms with Gasteiger partial charge in [-0.05, 0) is 68.2 Å². The molecule has 2 aromatic heterocycles. The number of piperidine rings is 1. The Morgan fingerprint density at radius 3 is 2.85 bits per heavy atom. The van der Waals surface area contributed by atoms with Crippen LogP contribution in [0.4, 0.5) is 0 Å². The van der Waals surface area contributed by atoms with E-state index in [0.717, 1.165) is 54.3 Å². The molecule has 6 heteroatoms. The van der Waals surface area contributed by atoms with Gasteiger partial charge in [0.2, 0.25) is 5.91 Å². The lowest BCUT2D eigenvalue weighted by Gasteiger charge is -2.32. The second kappa shape index (κ2) is 8.54. The Balaban J connectivity index is 1.44. The van der Waals surface area contributed by atoms with Crippen molar-refractivity contribution < 1.29 is 14.0 Å². The minimum Gasteiger partial charge on any atom is -0.465 e. The summed E-state index contributed by atoms with van der Waals surface area (Å²) >= 11 is 1.51. The zero-order chi connectivity index (χ0) is 18.5. The molecule has 5 nitrogen and oxygen atoms in total. The van der Waals surface area contributed by atoms with Gasteiger partial charge in [-0.25, -0.2) is 0 Å². The summed E-state index contributed by atoms with van der Waals surface area (Å²) in [5, 5.41) is 4.87. The number of hydrogen-bond donors (Lipinski definition) is 1. The maximum Gasteiger partial charge on any atom is 0.264 e. The Hall–Kier alpha value is -2.08. The summed E-state index contributed by atoms with van der Waals surface area (Å²) in [7, 11) is 0.